The fourth-order valence-electron chi connectivity index (χ4n) is 5.65. The summed E-state index contributed by atoms with van der Waals surface area (Å²) in [6, 6.07) is 11.3. The highest BCUT2D eigenvalue weighted by atomic mass is 35.5. The van der Waals surface area contributed by atoms with E-state index < -0.39 is 5.69 Å². The molecule has 2 aliphatic rings. The summed E-state index contributed by atoms with van der Waals surface area (Å²) in [4.78, 5) is 28.6. The minimum Gasteiger partial charge on any atom is -0.384 e. The van der Waals surface area contributed by atoms with Gasteiger partial charge in [0.2, 0.25) is 5.95 Å². The van der Waals surface area contributed by atoms with Gasteiger partial charge in [0.25, 0.3) is 0 Å². The molecule has 0 spiro atoms. The molecule has 4 heterocycles. The summed E-state index contributed by atoms with van der Waals surface area (Å²) >= 11 is 12.6. The highest BCUT2D eigenvalue weighted by Gasteiger charge is 2.36. The van der Waals surface area contributed by atoms with Crippen molar-refractivity contribution < 1.29 is 4.74 Å². The standard InChI is InChI=1S/C28H29Cl2N7O2/c1-28(2)20-7-6-18(12-17(20)8-10-36(28)14-16-9-11-39-15-16)33-26-32-13-19-24(31)37(27(38)35-25(19)34-26)23-21(29)4-3-5-22(23)30/h3-7,12-13,16H,8-11,14-15,31H2,1-2H3,(H,33,34,35,38). The molecule has 2 aromatic carbocycles. The smallest absolute Gasteiger partial charge is 0.355 e. The zero-order valence-corrected chi connectivity index (χ0v) is 23.3. The van der Waals surface area contributed by atoms with Gasteiger partial charge in [-0.25, -0.2) is 14.3 Å². The zero-order valence-electron chi connectivity index (χ0n) is 21.7. The molecule has 2 aliphatic heterocycles. The second-order valence-electron chi connectivity index (χ2n) is 10.6. The molecule has 0 amide bonds. The van der Waals surface area contributed by atoms with Crippen LogP contribution in [0.1, 0.15) is 31.4 Å². The van der Waals surface area contributed by atoms with Crippen LogP contribution in [-0.2, 0) is 16.7 Å². The fraction of sp³-hybridized carbons (Fsp3) is 0.357. The van der Waals surface area contributed by atoms with Crippen molar-refractivity contribution in [2.24, 2.45) is 5.92 Å². The van der Waals surface area contributed by atoms with E-state index >= 15 is 0 Å². The average Bonchev–Trinajstić information content (AvgIpc) is 3.40. The van der Waals surface area contributed by atoms with E-state index in [0.717, 1.165) is 44.8 Å². The van der Waals surface area contributed by atoms with E-state index in [1.165, 1.54) is 15.7 Å². The molecule has 11 heteroatoms. The number of rotatable bonds is 5. The van der Waals surface area contributed by atoms with E-state index in [2.05, 4.69) is 51.1 Å². The van der Waals surface area contributed by atoms with Crippen molar-refractivity contribution in [3.8, 4) is 5.69 Å². The second-order valence-corrected chi connectivity index (χ2v) is 11.4. The molecule has 2 aromatic heterocycles. The Bertz CT molecular complexity index is 1610. The number of nitrogen functional groups attached to an aromatic ring is 1. The summed E-state index contributed by atoms with van der Waals surface area (Å²) in [6.07, 6.45) is 3.64. The van der Waals surface area contributed by atoms with Gasteiger partial charge in [-0.05, 0) is 68.0 Å². The first kappa shape index (κ1) is 26.0. The first-order chi connectivity index (χ1) is 18.7. The van der Waals surface area contributed by atoms with Crippen molar-refractivity contribution in [1.29, 1.82) is 0 Å². The number of hydrogen-bond acceptors (Lipinski definition) is 8. The summed E-state index contributed by atoms with van der Waals surface area (Å²) in [5, 5.41) is 4.24. The Morgan fingerprint density at radius 2 is 1.97 bits per heavy atom. The van der Waals surface area contributed by atoms with Crippen molar-refractivity contribution in [3.63, 3.8) is 0 Å². The van der Waals surface area contributed by atoms with E-state index in [0.29, 0.717) is 17.3 Å². The molecule has 0 saturated carbocycles. The number of anilines is 3. The maximum absolute atomic E-state index is 12.9. The van der Waals surface area contributed by atoms with Gasteiger partial charge in [0.1, 0.15) is 5.82 Å². The molecule has 0 aliphatic carbocycles. The van der Waals surface area contributed by atoms with Crippen molar-refractivity contribution in [3.05, 3.63) is 74.3 Å². The van der Waals surface area contributed by atoms with Gasteiger partial charge in [-0.2, -0.15) is 9.97 Å². The van der Waals surface area contributed by atoms with Crippen LogP contribution in [0.2, 0.25) is 10.0 Å². The van der Waals surface area contributed by atoms with Crippen LogP contribution in [0.15, 0.2) is 47.4 Å². The number of nitrogens with zero attached hydrogens (tertiary/aromatic N) is 5. The molecule has 4 aromatic rings. The third kappa shape index (κ3) is 4.74. The average molecular weight is 566 g/mol. The monoisotopic (exact) mass is 565 g/mol. The van der Waals surface area contributed by atoms with Crippen LogP contribution in [0.4, 0.5) is 17.5 Å². The number of aromatic nitrogens is 4. The molecule has 202 valence electrons. The normalized spacial score (nSPS) is 18.8. The minimum atomic E-state index is -0.635. The number of nitrogens with one attached hydrogen (secondary N) is 1. The molecule has 3 N–H and O–H groups in total. The number of ether oxygens (including phenoxy) is 1. The van der Waals surface area contributed by atoms with E-state index in [9.17, 15) is 4.79 Å². The molecule has 6 rings (SSSR count). The minimum absolute atomic E-state index is 0.0694. The van der Waals surface area contributed by atoms with Gasteiger partial charge in [0.15, 0.2) is 5.65 Å². The molecule has 39 heavy (non-hydrogen) atoms. The SMILES string of the molecule is CC1(C)c2ccc(Nc3ncc4c(N)n(-c5c(Cl)cccc5Cl)c(=O)nc4n3)cc2CCN1CC1CCOC1. The molecule has 1 atom stereocenters. The highest BCUT2D eigenvalue weighted by Crippen LogP contribution is 2.38. The van der Waals surface area contributed by atoms with Crippen LogP contribution >= 0.6 is 23.2 Å². The molecule has 1 saturated heterocycles. The fourth-order valence-corrected chi connectivity index (χ4v) is 6.22. The Labute approximate surface area is 235 Å². The largest absolute Gasteiger partial charge is 0.384 e. The third-order valence-electron chi connectivity index (χ3n) is 7.80. The van der Waals surface area contributed by atoms with Crippen LogP contribution in [0.5, 0.6) is 0 Å². The maximum atomic E-state index is 12.9. The number of halogens is 2. The lowest BCUT2D eigenvalue weighted by molar-refractivity contribution is 0.0807. The first-order valence-electron chi connectivity index (χ1n) is 13.0. The van der Waals surface area contributed by atoms with Crippen LogP contribution in [0.3, 0.4) is 0 Å². The summed E-state index contributed by atoms with van der Waals surface area (Å²) < 4.78 is 6.77. The Kier molecular flexibility index (Phi) is 6.71. The van der Waals surface area contributed by atoms with Gasteiger partial charge in [-0.1, -0.05) is 35.3 Å². The van der Waals surface area contributed by atoms with E-state index in [1.807, 2.05) is 6.07 Å². The molecular formula is C28H29Cl2N7O2. The van der Waals surface area contributed by atoms with Gasteiger partial charge < -0.3 is 15.8 Å². The van der Waals surface area contributed by atoms with Crippen LogP contribution in [0.25, 0.3) is 16.7 Å². The highest BCUT2D eigenvalue weighted by molar-refractivity contribution is 6.37. The van der Waals surface area contributed by atoms with Crippen molar-refractivity contribution in [1.82, 2.24) is 24.4 Å². The van der Waals surface area contributed by atoms with Crippen LogP contribution < -0.4 is 16.7 Å². The molecule has 0 radical (unpaired) electrons. The maximum Gasteiger partial charge on any atom is 0.355 e. The number of hydrogen-bond donors (Lipinski definition) is 2. The summed E-state index contributed by atoms with van der Waals surface area (Å²) in [7, 11) is 0. The molecule has 9 nitrogen and oxygen atoms in total. The van der Waals surface area contributed by atoms with E-state index in [4.69, 9.17) is 33.7 Å². The molecule has 0 bridgehead atoms. The Hall–Kier alpha value is -3.24. The quantitative estimate of drug-likeness (QED) is 0.350. The lowest BCUT2D eigenvalue weighted by Crippen LogP contribution is -2.48. The lowest BCUT2D eigenvalue weighted by atomic mass is 9.82. The van der Waals surface area contributed by atoms with Crippen molar-refractivity contribution in [2.75, 3.05) is 37.4 Å². The Balaban J connectivity index is 1.27. The van der Waals surface area contributed by atoms with Gasteiger partial charge in [-0.3, -0.25) is 4.90 Å². The van der Waals surface area contributed by atoms with Gasteiger partial charge in [0.05, 0.1) is 27.7 Å². The van der Waals surface area contributed by atoms with Gasteiger partial charge in [-0.15, -0.1) is 0 Å². The Morgan fingerprint density at radius 3 is 2.72 bits per heavy atom. The van der Waals surface area contributed by atoms with E-state index in [1.54, 1.807) is 24.4 Å². The predicted molar refractivity (Wildman–Crippen MR) is 154 cm³/mol. The molecule has 1 unspecified atom stereocenters. The summed E-state index contributed by atoms with van der Waals surface area (Å²) in [5.74, 6) is 1.03. The van der Waals surface area contributed by atoms with Crippen LogP contribution in [-0.4, -0.2) is 50.7 Å². The van der Waals surface area contributed by atoms with Crippen LogP contribution in [0, 0.1) is 5.92 Å². The number of fused-ring (bicyclic) bond motifs is 2. The zero-order chi connectivity index (χ0) is 27.3. The third-order valence-corrected chi connectivity index (χ3v) is 8.41. The number of para-hydroxylation sites is 1. The number of benzene rings is 2. The molecular weight excluding hydrogens is 537 g/mol. The second kappa shape index (κ2) is 10.1. The summed E-state index contributed by atoms with van der Waals surface area (Å²) in [5.41, 5.74) is 9.59. The van der Waals surface area contributed by atoms with Crippen molar-refractivity contribution >= 4 is 51.7 Å². The van der Waals surface area contributed by atoms with Crippen molar-refractivity contribution in [2.45, 2.75) is 32.2 Å². The topological polar surface area (TPSA) is 111 Å². The number of nitrogens with two attached hydrogens (primary N) is 1. The van der Waals surface area contributed by atoms with E-state index in [-0.39, 0.29) is 32.7 Å². The first-order valence-corrected chi connectivity index (χ1v) is 13.7. The predicted octanol–water partition coefficient (Wildman–Crippen LogP) is 4.94. The molecule has 1 fully saturated rings. The van der Waals surface area contributed by atoms with Gasteiger partial charge >= 0.3 is 5.69 Å². The van der Waals surface area contributed by atoms with Gasteiger partial charge in [0, 0.05) is 37.1 Å². The lowest BCUT2D eigenvalue weighted by Gasteiger charge is -2.45. The summed E-state index contributed by atoms with van der Waals surface area (Å²) in [6.45, 7) is 8.36. The Morgan fingerprint density at radius 1 is 1.18 bits per heavy atom.